The zero-order chi connectivity index (χ0) is 16.4. The van der Waals surface area contributed by atoms with E-state index in [1.807, 2.05) is 6.08 Å². The van der Waals surface area contributed by atoms with Gasteiger partial charge >= 0.3 is 12.1 Å². The monoisotopic (exact) mass is 314 g/mol. The molecule has 0 radical (unpaired) electrons. The van der Waals surface area contributed by atoms with Crippen LogP contribution in [0.25, 0.3) is 0 Å². The zero-order valence-electron chi connectivity index (χ0n) is 12.8. The summed E-state index contributed by atoms with van der Waals surface area (Å²) in [6.07, 6.45) is 2.96. The van der Waals surface area contributed by atoms with Gasteiger partial charge in [0.25, 0.3) is 0 Å². The highest BCUT2D eigenvalue weighted by Gasteiger charge is 2.56. The Bertz CT molecular complexity index is 270. The SMILES string of the molecule is C=CCCCCCC(C)CCCCCC(F)(F)C(F)(F)F. The average Bonchev–Trinajstić information content (AvgIpc) is 2.36. The smallest absolute Gasteiger partial charge is 0.196 e. The number of halogens is 5. The third-order valence-corrected chi connectivity index (χ3v) is 3.71. The van der Waals surface area contributed by atoms with E-state index in [0.29, 0.717) is 12.3 Å². The standard InChI is InChI=1S/C16H27F5/c1-3-4-5-6-8-11-14(2)12-9-7-10-13-15(17,18)16(19,20)21/h3,14H,1,4-13H2,2H3. The minimum absolute atomic E-state index is 0.0709. The summed E-state index contributed by atoms with van der Waals surface area (Å²) >= 11 is 0. The molecule has 0 aliphatic rings. The van der Waals surface area contributed by atoms with Crippen molar-refractivity contribution in [1.82, 2.24) is 0 Å². The molecule has 0 saturated heterocycles. The third kappa shape index (κ3) is 9.86. The van der Waals surface area contributed by atoms with Crippen LogP contribution < -0.4 is 0 Å². The lowest BCUT2D eigenvalue weighted by atomic mass is 9.96. The van der Waals surface area contributed by atoms with Crippen LogP contribution in [0.2, 0.25) is 0 Å². The number of allylic oxidation sites excluding steroid dienone is 1. The van der Waals surface area contributed by atoms with Crippen LogP contribution in [-0.4, -0.2) is 12.1 Å². The van der Waals surface area contributed by atoms with E-state index < -0.39 is 18.5 Å². The molecule has 0 bridgehead atoms. The van der Waals surface area contributed by atoms with Gasteiger partial charge in [0.15, 0.2) is 0 Å². The van der Waals surface area contributed by atoms with Crippen molar-refractivity contribution in [2.45, 2.75) is 83.2 Å². The van der Waals surface area contributed by atoms with Crippen molar-refractivity contribution in [3.8, 4) is 0 Å². The number of unbranched alkanes of at least 4 members (excludes halogenated alkanes) is 5. The van der Waals surface area contributed by atoms with Crippen molar-refractivity contribution < 1.29 is 22.0 Å². The normalized spacial score (nSPS) is 14.2. The molecule has 0 aromatic heterocycles. The van der Waals surface area contributed by atoms with Gasteiger partial charge in [-0.15, -0.1) is 6.58 Å². The Morgan fingerprint density at radius 3 is 1.86 bits per heavy atom. The lowest BCUT2D eigenvalue weighted by Crippen LogP contribution is -2.36. The van der Waals surface area contributed by atoms with E-state index >= 15 is 0 Å². The summed E-state index contributed by atoms with van der Waals surface area (Å²) in [5.74, 6) is -4.03. The maximum absolute atomic E-state index is 12.7. The molecular formula is C16H27F5. The molecule has 0 aromatic rings. The number of alkyl halides is 5. The van der Waals surface area contributed by atoms with E-state index in [1.54, 1.807) is 0 Å². The minimum Gasteiger partial charge on any atom is -0.196 e. The summed E-state index contributed by atoms with van der Waals surface area (Å²) in [7, 11) is 0. The Hall–Kier alpha value is -0.610. The van der Waals surface area contributed by atoms with Gasteiger partial charge in [-0.05, 0) is 25.2 Å². The van der Waals surface area contributed by atoms with Crippen molar-refractivity contribution in [3.63, 3.8) is 0 Å². The van der Waals surface area contributed by atoms with Gasteiger partial charge < -0.3 is 0 Å². The Balaban J connectivity index is 3.56. The summed E-state index contributed by atoms with van der Waals surface area (Å²) in [4.78, 5) is 0. The van der Waals surface area contributed by atoms with Crippen LogP contribution in [0.15, 0.2) is 12.7 Å². The summed E-state index contributed by atoms with van der Waals surface area (Å²) in [5, 5.41) is 0. The molecule has 0 aliphatic carbocycles. The second-order valence-corrected chi connectivity index (χ2v) is 5.83. The number of hydrogen-bond acceptors (Lipinski definition) is 0. The summed E-state index contributed by atoms with van der Waals surface area (Å²) in [5.41, 5.74) is 0. The van der Waals surface area contributed by atoms with E-state index in [4.69, 9.17) is 0 Å². The van der Waals surface area contributed by atoms with Crippen LogP contribution >= 0.6 is 0 Å². The first kappa shape index (κ1) is 20.4. The molecule has 0 amide bonds. The van der Waals surface area contributed by atoms with Gasteiger partial charge in [-0.3, -0.25) is 0 Å². The van der Waals surface area contributed by atoms with E-state index in [0.717, 1.165) is 44.9 Å². The Labute approximate surface area is 124 Å². The molecule has 0 rings (SSSR count). The molecule has 5 heteroatoms. The average molecular weight is 314 g/mol. The van der Waals surface area contributed by atoms with Gasteiger partial charge in [-0.1, -0.05) is 51.5 Å². The molecule has 0 nitrogen and oxygen atoms in total. The number of hydrogen-bond donors (Lipinski definition) is 0. The maximum atomic E-state index is 12.7. The molecule has 0 N–H and O–H groups in total. The van der Waals surface area contributed by atoms with Gasteiger partial charge in [0.1, 0.15) is 0 Å². The van der Waals surface area contributed by atoms with Crippen LogP contribution in [0.1, 0.15) is 71.1 Å². The van der Waals surface area contributed by atoms with E-state index in [2.05, 4.69) is 13.5 Å². The van der Waals surface area contributed by atoms with Gasteiger partial charge in [-0.25, -0.2) is 0 Å². The molecule has 1 atom stereocenters. The largest absolute Gasteiger partial charge is 0.453 e. The van der Waals surface area contributed by atoms with Gasteiger partial charge in [-0.2, -0.15) is 22.0 Å². The first-order valence-electron chi connectivity index (χ1n) is 7.76. The molecule has 1 unspecified atom stereocenters. The van der Waals surface area contributed by atoms with Crippen molar-refractivity contribution in [1.29, 1.82) is 0 Å². The summed E-state index contributed by atoms with van der Waals surface area (Å²) < 4.78 is 61.1. The van der Waals surface area contributed by atoms with Crippen LogP contribution in [-0.2, 0) is 0 Å². The predicted molar refractivity (Wildman–Crippen MR) is 76.5 cm³/mol. The van der Waals surface area contributed by atoms with Crippen molar-refractivity contribution in [2.75, 3.05) is 0 Å². The maximum Gasteiger partial charge on any atom is 0.453 e. The molecule has 0 heterocycles. The van der Waals surface area contributed by atoms with Crippen molar-refractivity contribution in [3.05, 3.63) is 12.7 Å². The Kier molecular flexibility index (Phi) is 9.88. The van der Waals surface area contributed by atoms with Gasteiger partial charge in [0.2, 0.25) is 0 Å². The fourth-order valence-electron chi connectivity index (χ4n) is 2.26. The van der Waals surface area contributed by atoms with E-state index in [9.17, 15) is 22.0 Å². The molecule has 0 saturated carbocycles. The third-order valence-electron chi connectivity index (χ3n) is 3.71. The Morgan fingerprint density at radius 1 is 0.857 bits per heavy atom. The molecular weight excluding hydrogens is 287 g/mol. The highest BCUT2D eigenvalue weighted by Crippen LogP contribution is 2.39. The fourth-order valence-corrected chi connectivity index (χ4v) is 2.26. The second kappa shape index (κ2) is 10.2. The molecule has 0 aliphatic heterocycles. The van der Waals surface area contributed by atoms with Gasteiger partial charge in [0, 0.05) is 6.42 Å². The van der Waals surface area contributed by atoms with Crippen molar-refractivity contribution >= 4 is 0 Å². The van der Waals surface area contributed by atoms with Crippen LogP contribution in [0.3, 0.4) is 0 Å². The fraction of sp³-hybridized carbons (Fsp3) is 0.875. The minimum atomic E-state index is -5.41. The summed E-state index contributed by atoms with van der Waals surface area (Å²) in [6.45, 7) is 5.77. The molecule has 0 aromatic carbocycles. The highest BCUT2D eigenvalue weighted by atomic mass is 19.4. The van der Waals surface area contributed by atoms with Crippen LogP contribution in [0, 0.1) is 5.92 Å². The van der Waals surface area contributed by atoms with Crippen LogP contribution in [0.4, 0.5) is 22.0 Å². The van der Waals surface area contributed by atoms with Crippen molar-refractivity contribution in [2.24, 2.45) is 5.92 Å². The van der Waals surface area contributed by atoms with E-state index in [1.165, 1.54) is 0 Å². The quantitative estimate of drug-likeness (QED) is 0.209. The first-order chi connectivity index (χ1) is 9.70. The zero-order valence-corrected chi connectivity index (χ0v) is 12.8. The second-order valence-electron chi connectivity index (χ2n) is 5.83. The lowest BCUT2D eigenvalue weighted by Gasteiger charge is -2.19. The molecule has 126 valence electrons. The van der Waals surface area contributed by atoms with Crippen LogP contribution in [0.5, 0.6) is 0 Å². The van der Waals surface area contributed by atoms with Gasteiger partial charge in [0.05, 0.1) is 0 Å². The predicted octanol–water partition coefficient (Wildman–Crippen LogP) is 6.91. The molecule has 21 heavy (non-hydrogen) atoms. The topological polar surface area (TPSA) is 0 Å². The first-order valence-corrected chi connectivity index (χ1v) is 7.76. The Morgan fingerprint density at radius 2 is 1.38 bits per heavy atom. The molecule has 0 fully saturated rings. The number of rotatable bonds is 12. The highest BCUT2D eigenvalue weighted by molar-refractivity contribution is 4.75. The summed E-state index contributed by atoms with van der Waals surface area (Å²) in [6, 6.07) is 0. The van der Waals surface area contributed by atoms with E-state index in [-0.39, 0.29) is 6.42 Å². The lowest BCUT2D eigenvalue weighted by molar-refractivity contribution is -0.284. The molecule has 0 spiro atoms.